The number of hydrogen-bond donors (Lipinski definition) is 1. The minimum atomic E-state index is -0.897. The number of nitriles is 1. The summed E-state index contributed by atoms with van der Waals surface area (Å²) in [6.45, 7) is 11.3. The van der Waals surface area contributed by atoms with Crippen LogP contribution in [0, 0.1) is 31.1 Å². The summed E-state index contributed by atoms with van der Waals surface area (Å²) < 4.78 is 1.95. The smallest absolute Gasteiger partial charge is 0.234 e. The molecule has 1 aromatic heterocycles. The summed E-state index contributed by atoms with van der Waals surface area (Å²) in [6.07, 6.45) is 0. The zero-order valence-corrected chi connectivity index (χ0v) is 16.9. The van der Waals surface area contributed by atoms with Gasteiger partial charge < -0.3 is 5.32 Å². The first-order valence-electron chi connectivity index (χ1n) is 8.57. The Kier molecular flexibility index (Phi) is 6.09. The molecule has 26 heavy (non-hydrogen) atoms. The Morgan fingerprint density at radius 2 is 1.92 bits per heavy atom. The van der Waals surface area contributed by atoms with Crippen LogP contribution in [0.5, 0.6) is 0 Å². The number of nitrogens with zero attached hydrogens (tertiary/aromatic N) is 4. The lowest BCUT2D eigenvalue weighted by Gasteiger charge is -2.28. The standard InChI is InChI=1S/C19H25N5OS/c1-12(2)19(6,11-20)21-17(25)14(4)26-18-23-22-15(5)24(18)16-10-8-7-9-13(16)3/h7-10,12,14H,1-6H3,(H,21,25). The third-order valence-electron chi connectivity index (χ3n) is 4.57. The molecular formula is C19H25N5OS. The minimum Gasteiger partial charge on any atom is -0.337 e. The molecule has 0 radical (unpaired) electrons. The lowest BCUT2D eigenvalue weighted by Crippen LogP contribution is -2.51. The molecule has 2 rings (SSSR count). The van der Waals surface area contributed by atoms with Crippen molar-refractivity contribution in [2.75, 3.05) is 0 Å². The van der Waals surface area contributed by atoms with Crippen molar-refractivity contribution in [1.29, 1.82) is 5.26 Å². The highest BCUT2D eigenvalue weighted by Gasteiger charge is 2.32. The molecule has 0 saturated carbocycles. The molecule has 1 heterocycles. The fraction of sp³-hybridized carbons (Fsp3) is 0.474. The van der Waals surface area contributed by atoms with Crippen LogP contribution in [0.25, 0.3) is 5.69 Å². The maximum atomic E-state index is 12.6. The Balaban J connectivity index is 2.24. The van der Waals surface area contributed by atoms with Crippen molar-refractivity contribution in [2.24, 2.45) is 5.92 Å². The largest absolute Gasteiger partial charge is 0.337 e. The zero-order valence-electron chi connectivity index (χ0n) is 16.1. The van der Waals surface area contributed by atoms with Gasteiger partial charge in [0.2, 0.25) is 5.91 Å². The second-order valence-corrected chi connectivity index (χ2v) is 8.18. The number of amides is 1. The van der Waals surface area contributed by atoms with Crippen LogP contribution in [0.15, 0.2) is 29.4 Å². The van der Waals surface area contributed by atoms with E-state index in [9.17, 15) is 10.1 Å². The van der Waals surface area contributed by atoms with E-state index in [2.05, 4.69) is 21.6 Å². The fourth-order valence-corrected chi connectivity index (χ4v) is 3.29. The van der Waals surface area contributed by atoms with Crippen molar-refractivity contribution in [3.63, 3.8) is 0 Å². The lowest BCUT2D eigenvalue weighted by molar-refractivity contribution is -0.121. The third-order valence-corrected chi connectivity index (χ3v) is 5.62. The van der Waals surface area contributed by atoms with E-state index in [1.807, 2.05) is 63.5 Å². The van der Waals surface area contributed by atoms with Crippen molar-refractivity contribution in [1.82, 2.24) is 20.1 Å². The molecule has 1 N–H and O–H groups in total. The predicted molar refractivity (Wildman–Crippen MR) is 103 cm³/mol. The fourth-order valence-electron chi connectivity index (χ4n) is 2.38. The van der Waals surface area contributed by atoms with Crippen LogP contribution in [0.3, 0.4) is 0 Å². The van der Waals surface area contributed by atoms with Gasteiger partial charge in [-0.25, -0.2) is 0 Å². The molecule has 0 aliphatic rings. The van der Waals surface area contributed by atoms with Crippen molar-refractivity contribution in [3.05, 3.63) is 35.7 Å². The quantitative estimate of drug-likeness (QED) is 0.787. The summed E-state index contributed by atoms with van der Waals surface area (Å²) in [5.74, 6) is 0.578. The Hall–Kier alpha value is -2.33. The molecule has 6 nitrogen and oxygen atoms in total. The van der Waals surface area contributed by atoms with Crippen molar-refractivity contribution in [2.45, 2.75) is 57.5 Å². The van der Waals surface area contributed by atoms with Gasteiger partial charge in [-0.05, 0) is 45.2 Å². The van der Waals surface area contributed by atoms with Crippen LogP contribution >= 0.6 is 11.8 Å². The number of aromatic nitrogens is 3. The Morgan fingerprint density at radius 1 is 1.27 bits per heavy atom. The molecule has 2 atom stereocenters. The van der Waals surface area contributed by atoms with Crippen LogP contribution < -0.4 is 5.32 Å². The van der Waals surface area contributed by atoms with E-state index in [0.717, 1.165) is 17.1 Å². The number of carbonyl (C=O) groups is 1. The van der Waals surface area contributed by atoms with E-state index >= 15 is 0 Å². The SMILES string of the molecule is Cc1ccccc1-n1c(C)nnc1SC(C)C(=O)NC(C)(C#N)C(C)C. The van der Waals surface area contributed by atoms with Gasteiger partial charge >= 0.3 is 0 Å². The second kappa shape index (κ2) is 7.92. The normalized spacial score (nSPS) is 14.5. The van der Waals surface area contributed by atoms with E-state index in [4.69, 9.17) is 0 Å². The number of nitrogens with one attached hydrogen (secondary N) is 1. The van der Waals surface area contributed by atoms with Crippen molar-refractivity contribution >= 4 is 17.7 Å². The number of rotatable bonds is 6. The number of carbonyl (C=O) groups excluding carboxylic acids is 1. The molecule has 0 spiro atoms. The summed E-state index contributed by atoms with van der Waals surface area (Å²) in [6, 6.07) is 10.2. The van der Waals surface area contributed by atoms with Gasteiger partial charge in [0.25, 0.3) is 0 Å². The Bertz CT molecular complexity index is 839. The van der Waals surface area contributed by atoms with Gasteiger partial charge in [-0.1, -0.05) is 43.8 Å². The van der Waals surface area contributed by atoms with Gasteiger partial charge in [0.1, 0.15) is 11.4 Å². The third kappa shape index (κ3) is 4.07. The minimum absolute atomic E-state index is 0.00603. The summed E-state index contributed by atoms with van der Waals surface area (Å²) >= 11 is 1.33. The molecular weight excluding hydrogens is 346 g/mol. The van der Waals surface area contributed by atoms with E-state index < -0.39 is 10.8 Å². The molecule has 0 bridgehead atoms. The van der Waals surface area contributed by atoms with Crippen LogP contribution in [0.2, 0.25) is 0 Å². The molecule has 138 valence electrons. The van der Waals surface area contributed by atoms with Crippen LogP contribution in [-0.2, 0) is 4.79 Å². The maximum Gasteiger partial charge on any atom is 0.234 e. The first kappa shape index (κ1) is 20.0. The number of aryl methyl sites for hydroxylation is 2. The Labute approximate surface area is 159 Å². The average Bonchev–Trinajstić information content (AvgIpc) is 2.95. The molecule has 0 fully saturated rings. The highest BCUT2D eigenvalue weighted by atomic mass is 32.2. The molecule has 2 unspecified atom stereocenters. The summed E-state index contributed by atoms with van der Waals surface area (Å²) in [5.41, 5.74) is 1.20. The van der Waals surface area contributed by atoms with Gasteiger partial charge in [-0.3, -0.25) is 9.36 Å². The van der Waals surface area contributed by atoms with Crippen LogP contribution in [0.4, 0.5) is 0 Å². The summed E-state index contributed by atoms with van der Waals surface area (Å²) in [5, 5.41) is 20.9. The topological polar surface area (TPSA) is 83.6 Å². The molecule has 1 aromatic carbocycles. The molecule has 2 aromatic rings. The van der Waals surface area contributed by atoms with Crippen molar-refractivity contribution < 1.29 is 4.79 Å². The number of hydrogen-bond acceptors (Lipinski definition) is 5. The first-order chi connectivity index (χ1) is 12.2. The molecule has 1 amide bonds. The Morgan fingerprint density at radius 3 is 2.50 bits per heavy atom. The highest BCUT2D eigenvalue weighted by molar-refractivity contribution is 8.00. The van der Waals surface area contributed by atoms with Crippen LogP contribution in [0.1, 0.15) is 39.1 Å². The van der Waals surface area contributed by atoms with Gasteiger partial charge in [-0.2, -0.15) is 5.26 Å². The zero-order chi connectivity index (χ0) is 19.5. The number of thioether (sulfide) groups is 1. The molecule has 0 saturated heterocycles. The number of para-hydroxylation sites is 1. The molecule has 0 aliphatic carbocycles. The molecule has 0 aliphatic heterocycles. The van der Waals surface area contributed by atoms with Gasteiger partial charge in [0.05, 0.1) is 17.0 Å². The highest BCUT2D eigenvalue weighted by Crippen LogP contribution is 2.27. The van der Waals surface area contributed by atoms with Crippen molar-refractivity contribution in [3.8, 4) is 11.8 Å². The summed E-state index contributed by atoms with van der Waals surface area (Å²) in [7, 11) is 0. The summed E-state index contributed by atoms with van der Waals surface area (Å²) in [4.78, 5) is 12.6. The first-order valence-corrected chi connectivity index (χ1v) is 9.45. The average molecular weight is 372 g/mol. The molecule has 7 heteroatoms. The monoisotopic (exact) mass is 371 g/mol. The van der Waals surface area contributed by atoms with Crippen LogP contribution in [-0.4, -0.2) is 31.5 Å². The predicted octanol–water partition coefficient (Wildman–Crippen LogP) is 3.42. The second-order valence-electron chi connectivity index (χ2n) is 6.87. The van der Waals surface area contributed by atoms with Gasteiger partial charge in [-0.15, -0.1) is 10.2 Å². The van der Waals surface area contributed by atoms with E-state index in [-0.39, 0.29) is 11.8 Å². The van der Waals surface area contributed by atoms with E-state index in [0.29, 0.717) is 5.16 Å². The van der Waals surface area contributed by atoms with E-state index in [1.165, 1.54) is 11.8 Å². The maximum absolute atomic E-state index is 12.6. The van der Waals surface area contributed by atoms with Gasteiger partial charge in [0.15, 0.2) is 5.16 Å². The lowest BCUT2D eigenvalue weighted by atomic mass is 9.90. The number of benzene rings is 1. The van der Waals surface area contributed by atoms with E-state index in [1.54, 1.807) is 6.92 Å². The van der Waals surface area contributed by atoms with Gasteiger partial charge in [0, 0.05) is 0 Å².